The van der Waals surface area contributed by atoms with Crippen LogP contribution >= 0.6 is 0 Å². The largest absolute Gasteiger partial charge is 0.338 e. The Labute approximate surface area is 144 Å². The molecule has 2 heterocycles. The third-order valence-corrected chi connectivity index (χ3v) is 5.12. The topological polar surface area (TPSA) is 52.7 Å². The van der Waals surface area contributed by atoms with Gasteiger partial charge in [0.05, 0.1) is 0 Å². The molecule has 2 unspecified atom stereocenters. The number of anilines is 1. The standard InChI is InChI=1S/C19H27N3O2/c1-13-9-14(2)11-16(10-13)22-8-6-17(19(22)24)18(23)21-7-4-5-15(21)12-20-3/h9-11,15,17,20H,4-8,12H2,1-3H3. The van der Waals surface area contributed by atoms with Crippen LogP contribution in [0.2, 0.25) is 0 Å². The molecular weight excluding hydrogens is 302 g/mol. The van der Waals surface area contributed by atoms with Gasteiger partial charge in [-0.25, -0.2) is 0 Å². The van der Waals surface area contributed by atoms with Crippen molar-refractivity contribution in [2.75, 3.05) is 31.6 Å². The average Bonchev–Trinajstić information content (AvgIpc) is 3.13. The summed E-state index contributed by atoms with van der Waals surface area (Å²) in [6, 6.07) is 6.37. The average molecular weight is 329 g/mol. The molecule has 0 saturated carbocycles. The molecule has 2 saturated heterocycles. The van der Waals surface area contributed by atoms with Crippen molar-refractivity contribution >= 4 is 17.5 Å². The molecule has 1 aromatic rings. The highest BCUT2D eigenvalue weighted by atomic mass is 16.2. The maximum absolute atomic E-state index is 12.9. The molecular formula is C19H27N3O2. The van der Waals surface area contributed by atoms with Crippen LogP contribution in [0.3, 0.4) is 0 Å². The molecule has 130 valence electrons. The summed E-state index contributed by atoms with van der Waals surface area (Å²) in [6.45, 7) is 6.27. The predicted octanol–water partition coefficient (Wildman–Crippen LogP) is 1.87. The lowest BCUT2D eigenvalue weighted by Gasteiger charge is -2.27. The Morgan fingerprint density at radius 2 is 1.88 bits per heavy atom. The minimum atomic E-state index is -0.511. The summed E-state index contributed by atoms with van der Waals surface area (Å²) in [5, 5.41) is 3.15. The Balaban J connectivity index is 1.75. The van der Waals surface area contributed by atoms with Crippen molar-refractivity contribution in [3.8, 4) is 0 Å². The van der Waals surface area contributed by atoms with E-state index in [1.54, 1.807) is 4.90 Å². The molecule has 0 bridgehead atoms. The normalized spacial score (nSPS) is 24.0. The van der Waals surface area contributed by atoms with Crippen molar-refractivity contribution in [3.05, 3.63) is 29.3 Å². The summed E-state index contributed by atoms with van der Waals surface area (Å²) in [7, 11) is 1.91. The molecule has 24 heavy (non-hydrogen) atoms. The number of hydrogen-bond acceptors (Lipinski definition) is 3. The Bertz CT molecular complexity index is 623. The molecule has 2 aliphatic rings. The Hall–Kier alpha value is -1.88. The summed E-state index contributed by atoms with van der Waals surface area (Å²) in [4.78, 5) is 29.5. The molecule has 0 spiro atoms. The molecule has 2 atom stereocenters. The molecule has 0 aliphatic carbocycles. The second-order valence-corrected chi connectivity index (χ2v) is 7.06. The van der Waals surface area contributed by atoms with Crippen molar-refractivity contribution in [2.45, 2.75) is 39.2 Å². The number of likely N-dealkylation sites (tertiary alicyclic amines) is 1. The Morgan fingerprint density at radius 3 is 2.54 bits per heavy atom. The number of amides is 2. The monoisotopic (exact) mass is 329 g/mol. The van der Waals surface area contributed by atoms with Gasteiger partial charge < -0.3 is 15.1 Å². The first kappa shape index (κ1) is 17.0. The number of aryl methyl sites for hydroxylation is 2. The van der Waals surface area contributed by atoms with Gasteiger partial charge in [-0.1, -0.05) is 6.07 Å². The third kappa shape index (κ3) is 3.18. The van der Waals surface area contributed by atoms with Crippen LogP contribution in [-0.4, -0.2) is 49.4 Å². The molecule has 3 rings (SSSR count). The first-order valence-corrected chi connectivity index (χ1v) is 8.86. The number of carbonyl (C=O) groups is 2. The number of hydrogen-bond donors (Lipinski definition) is 1. The van der Waals surface area contributed by atoms with Crippen molar-refractivity contribution in [2.24, 2.45) is 5.92 Å². The van der Waals surface area contributed by atoms with E-state index < -0.39 is 5.92 Å². The van der Waals surface area contributed by atoms with Crippen molar-refractivity contribution in [3.63, 3.8) is 0 Å². The molecule has 1 N–H and O–H groups in total. The minimum absolute atomic E-state index is 0.0182. The molecule has 2 aliphatic heterocycles. The lowest BCUT2D eigenvalue weighted by Crippen LogP contribution is -2.45. The highest BCUT2D eigenvalue weighted by Gasteiger charge is 2.42. The number of likely N-dealkylation sites (N-methyl/N-ethyl adjacent to an activating group) is 1. The van der Waals surface area contributed by atoms with Crippen LogP contribution in [0.1, 0.15) is 30.4 Å². The fraction of sp³-hybridized carbons (Fsp3) is 0.579. The van der Waals surface area contributed by atoms with Crippen molar-refractivity contribution in [1.29, 1.82) is 0 Å². The second kappa shape index (κ2) is 6.93. The quantitative estimate of drug-likeness (QED) is 0.858. The van der Waals surface area contributed by atoms with E-state index in [9.17, 15) is 9.59 Å². The second-order valence-electron chi connectivity index (χ2n) is 7.06. The molecule has 5 nitrogen and oxygen atoms in total. The van der Waals surface area contributed by atoms with Gasteiger partial charge in [0.2, 0.25) is 11.8 Å². The van der Waals surface area contributed by atoms with Crippen LogP contribution in [0.25, 0.3) is 0 Å². The third-order valence-electron chi connectivity index (χ3n) is 5.12. The summed E-state index contributed by atoms with van der Waals surface area (Å²) in [5.41, 5.74) is 3.20. The summed E-state index contributed by atoms with van der Waals surface area (Å²) in [6.07, 6.45) is 2.67. The summed E-state index contributed by atoms with van der Waals surface area (Å²) < 4.78 is 0. The number of benzene rings is 1. The smallest absolute Gasteiger partial charge is 0.239 e. The molecule has 5 heteroatoms. The number of nitrogens with one attached hydrogen (secondary N) is 1. The van der Waals surface area contributed by atoms with Gasteiger partial charge in [0.25, 0.3) is 0 Å². The number of rotatable bonds is 4. The van der Waals surface area contributed by atoms with Gasteiger partial charge in [-0.2, -0.15) is 0 Å². The van der Waals surface area contributed by atoms with Crippen LogP contribution in [0.4, 0.5) is 5.69 Å². The molecule has 2 amide bonds. The summed E-state index contributed by atoms with van der Waals surface area (Å²) in [5.74, 6) is -0.534. The summed E-state index contributed by atoms with van der Waals surface area (Å²) >= 11 is 0. The lowest BCUT2D eigenvalue weighted by atomic mass is 10.1. The molecule has 1 aromatic carbocycles. The van der Waals surface area contributed by atoms with E-state index in [-0.39, 0.29) is 17.9 Å². The Kier molecular flexibility index (Phi) is 4.90. The van der Waals surface area contributed by atoms with Crippen LogP contribution in [0.15, 0.2) is 18.2 Å². The zero-order valence-corrected chi connectivity index (χ0v) is 14.8. The van der Waals surface area contributed by atoms with Gasteiger partial charge in [-0.3, -0.25) is 9.59 Å². The first-order chi connectivity index (χ1) is 11.5. The van der Waals surface area contributed by atoms with E-state index >= 15 is 0 Å². The van der Waals surface area contributed by atoms with E-state index in [2.05, 4.69) is 11.4 Å². The van der Waals surface area contributed by atoms with Gasteiger partial charge in [0.1, 0.15) is 5.92 Å². The molecule has 0 aromatic heterocycles. The fourth-order valence-electron chi connectivity index (χ4n) is 4.05. The maximum atomic E-state index is 12.9. The van der Waals surface area contributed by atoms with Crippen molar-refractivity contribution in [1.82, 2.24) is 10.2 Å². The van der Waals surface area contributed by atoms with E-state index in [1.165, 1.54) is 0 Å². The fourth-order valence-corrected chi connectivity index (χ4v) is 4.05. The highest BCUT2D eigenvalue weighted by molar-refractivity contribution is 6.09. The van der Waals surface area contributed by atoms with E-state index in [0.29, 0.717) is 13.0 Å². The SMILES string of the molecule is CNCC1CCCN1C(=O)C1CCN(c2cc(C)cc(C)c2)C1=O. The van der Waals surface area contributed by atoms with Crippen LogP contribution in [0, 0.1) is 19.8 Å². The van der Waals surface area contributed by atoms with E-state index in [4.69, 9.17) is 0 Å². The zero-order valence-electron chi connectivity index (χ0n) is 14.8. The predicted molar refractivity (Wildman–Crippen MR) is 95.0 cm³/mol. The highest BCUT2D eigenvalue weighted by Crippen LogP contribution is 2.30. The van der Waals surface area contributed by atoms with Gasteiger partial charge in [-0.05, 0) is 63.4 Å². The lowest BCUT2D eigenvalue weighted by molar-refractivity contribution is -0.140. The minimum Gasteiger partial charge on any atom is -0.338 e. The zero-order chi connectivity index (χ0) is 17.3. The van der Waals surface area contributed by atoms with Gasteiger partial charge >= 0.3 is 0 Å². The maximum Gasteiger partial charge on any atom is 0.239 e. The number of carbonyl (C=O) groups excluding carboxylic acids is 2. The van der Waals surface area contributed by atoms with Gasteiger partial charge in [0.15, 0.2) is 0 Å². The van der Waals surface area contributed by atoms with Crippen LogP contribution < -0.4 is 10.2 Å². The molecule has 2 fully saturated rings. The van der Waals surface area contributed by atoms with Gasteiger partial charge in [0, 0.05) is 31.4 Å². The molecule has 0 radical (unpaired) electrons. The van der Waals surface area contributed by atoms with Crippen LogP contribution in [-0.2, 0) is 9.59 Å². The number of nitrogens with zero attached hydrogens (tertiary/aromatic N) is 2. The van der Waals surface area contributed by atoms with Gasteiger partial charge in [-0.15, -0.1) is 0 Å². The van der Waals surface area contributed by atoms with Crippen molar-refractivity contribution < 1.29 is 9.59 Å². The van der Waals surface area contributed by atoms with E-state index in [0.717, 1.165) is 42.7 Å². The van der Waals surface area contributed by atoms with Crippen LogP contribution in [0.5, 0.6) is 0 Å². The Morgan fingerprint density at radius 1 is 1.17 bits per heavy atom. The van der Waals surface area contributed by atoms with E-state index in [1.807, 2.05) is 37.9 Å². The first-order valence-electron chi connectivity index (χ1n) is 8.86.